The number of benzene rings is 1. The summed E-state index contributed by atoms with van der Waals surface area (Å²) in [5.41, 5.74) is 0.311. The first-order chi connectivity index (χ1) is 15.9. The maximum atomic E-state index is 13.9. The minimum atomic E-state index is -5.20. The molecule has 0 aliphatic carbocycles. The zero-order chi connectivity index (χ0) is 25.5. The van der Waals surface area contributed by atoms with Crippen molar-refractivity contribution in [2.45, 2.75) is 12.4 Å². The SMILES string of the molecule is CN/C=C\c1c(C=O)cccc1N=C(/C(=C\N)C(=O)Nc1ccnc(C(F)(F)F)c1)C(F)(F)F. The van der Waals surface area contributed by atoms with E-state index in [4.69, 9.17) is 5.73 Å². The number of alkyl halides is 6. The lowest BCUT2D eigenvalue weighted by molar-refractivity contribution is -0.141. The third kappa shape index (κ3) is 6.43. The van der Waals surface area contributed by atoms with Gasteiger partial charge < -0.3 is 16.4 Å². The molecule has 34 heavy (non-hydrogen) atoms. The van der Waals surface area contributed by atoms with E-state index in [1.807, 2.05) is 5.32 Å². The van der Waals surface area contributed by atoms with Crippen LogP contribution in [0, 0.1) is 0 Å². The van der Waals surface area contributed by atoms with Gasteiger partial charge in [-0.2, -0.15) is 26.3 Å². The van der Waals surface area contributed by atoms with Gasteiger partial charge in [-0.3, -0.25) is 14.6 Å². The summed E-state index contributed by atoms with van der Waals surface area (Å²) in [5, 5.41) is 4.55. The fraction of sp³-hybridized carbons (Fsp3) is 0.143. The van der Waals surface area contributed by atoms with E-state index in [9.17, 15) is 35.9 Å². The van der Waals surface area contributed by atoms with Crippen LogP contribution >= 0.6 is 0 Å². The molecule has 2 aromatic rings. The van der Waals surface area contributed by atoms with Crippen molar-refractivity contribution < 1.29 is 35.9 Å². The molecule has 1 amide bonds. The normalized spacial score (nSPS) is 13.1. The molecule has 0 atom stereocenters. The number of halogens is 6. The first-order valence-electron chi connectivity index (χ1n) is 9.27. The van der Waals surface area contributed by atoms with Gasteiger partial charge in [0.15, 0.2) is 12.0 Å². The number of aromatic nitrogens is 1. The summed E-state index contributed by atoms with van der Waals surface area (Å²) in [6.45, 7) is 0. The van der Waals surface area contributed by atoms with Crippen LogP contribution in [0.3, 0.4) is 0 Å². The second-order valence-electron chi connectivity index (χ2n) is 6.44. The zero-order valence-corrected chi connectivity index (χ0v) is 17.3. The Morgan fingerprint density at radius 1 is 1.15 bits per heavy atom. The van der Waals surface area contributed by atoms with E-state index in [0.29, 0.717) is 18.6 Å². The summed E-state index contributed by atoms with van der Waals surface area (Å²) in [6.07, 6.45) is -5.91. The van der Waals surface area contributed by atoms with Gasteiger partial charge in [0.1, 0.15) is 5.69 Å². The largest absolute Gasteiger partial charge is 0.434 e. The molecule has 0 fully saturated rings. The first-order valence-corrected chi connectivity index (χ1v) is 9.27. The predicted octanol–water partition coefficient (Wildman–Crippen LogP) is 4.22. The Morgan fingerprint density at radius 3 is 2.41 bits per heavy atom. The van der Waals surface area contributed by atoms with Crippen LogP contribution < -0.4 is 16.4 Å². The molecule has 0 bridgehead atoms. The van der Waals surface area contributed by atoms with Gasteiger partial charge in [-0.15, -0.1) is 0 Å². The topological polar surface area (TPSA) is 109 Å². The van der Waals surface area contributed by atoms with E-state index in [0.717, 1.165) is 12.3 Å². The van der Waals surface area contributed by atoms with Gasteiger partial charge in [0.05, 0.1) is 11.3 Å². The van der Waals surface area contributed by atoms with Gasteiger partial charge in [-0.05, 0) is 30.5 Å². The molecule has 1 aromatic carbocycles. The molecular weight excluding hydrogens is 468 g/mol. The van der Waals surface area contributed by atoms with Crippen LogP contribution in [0.2, 0.25) is 0 Å². The molecule has 0 saturated carbocycles. The van der Waals surface area contributed by atoms with Crippen molar-refractivity contribution in [1.82, 2.24) is 10.3 Å². The quantitative estimate of drug-likeness (QED) is 0.236. The molecule has 0 saturated heterocycles. The number of nitrogens with two attached hydrogens (primary N) is 1. The van der Waals surface area contributed by atoms with Crippen molar-refractivity contribution in [3.8, 4) is 0 Å². The molecule has 0 spiro atoms. The molecule has 180 valence electrons. The third-order valence-electron chi connectivity index (χ3n) is 4.14. The lowest BCUT2D eigenvalue weighted by Crippen LogP contribution is -2.32. The standard InChI is InChI=1S/C21H17F6N5O2/c1-29-7-6-14-12(11-33)3-2-4-16(14)32-18(21(25,26)27)15(10-28)19(34)31-13-5-8-30-17(9-13)20(22,23)24/h2-11,29H,28H2,1H3,(H,30,31,34)/b7-6-,15-10+,32-18?. The molecule has 1 heterocycles. The molecule has 7 nitrogen and oxygen atoms in total. The van der Waals surface area contributed by atoms with Gasteiger partial charge in [-0.1, -0.05) is 12.1 Å². The predicted molar refractivity (Wildman–Crippen MR) is 113 cm³/mol. The maximum absolute atomic E-state index is 13.9. The van der Waals surface area contributed by atoms with E-state index in [2.05, 4.69) is 15.3 Å². The van der Waals surface area contributed by atoms with Gasteiger partial charge in [0.25, 0.3) is 5.91 Å². The van der Waals surface area contributed by atoms with E-state index in [-0.39, 0.29) is 16.8 Å². The number of hydrogen-bond acceptors (Lipinski definition) is 6. The van der Waals surface area contributed by atoms with Crippen LogP contribution in [0.4, 0.5) is 37.7 Å². The monoisotopic (exact) mass is 485 g/mol. The van der Waals surface area contributed by atoms with Crippen LogP contribution in [-0.4, -0.2) is 36.1 Å². The minimum Gasteiger partial charge on any atom is -0.404 e. The average molecular weight is 485 g/mol. The second-order valence-corrected chi connectivity index (χ2v) is 6.44. The lowest BCUT2D eigenvalue weighted by atomic mass is 10.1. The molecule has 0 unspecified atom stereocenters. The number of nitrogens with zero attached hydrogens (tertiary/aromatic N) is 2. The number of amides is 1. The van der Waals surface area contributed by atoms with Gasteiger partial charge in [0.2, 0.25) is 0 Å². The highest BCUT2D eigenvalue weighted by Gasteiger charge is 2.41. The number of aliphatic imine (C=N–C) groups is 1. The number of aldehydes is 1. The highest BCUT2D eigenvalue weighted by molar-refractivity contribution is 6.27. The van der Waals surface area contributed by atoms with Gasteiger partial charge in [-0.25, -0.2) is 4.99 Å². The Labute approximate surface area is 189 Å². The van der Waals surface area contributed by atoms with E-state index in [1.54, 1.807) is 0 Å². The Balaban J connectivity index is 2.55. The number of hydrogen-bond donors (Lipinski definition) is 3. The Morgan fingerprint density at radius 2 is 1.85 bits per heavy atom. The Hall–Kier alpha value is -4.16. The van der Waals surface area contributed by atoms with Crippen LogP contribution in [0.5, 0.6) is 0 Å². The van der Waals surface area contributed by atoms with Crippen LogP contribution in [0.1, 0.15) is 21.6 Å². The number of carbonyl (C=O) groups is 2. The van der Waals surface area contributed by atoms with E-state index in [1.165, 1.54) is 37.5 Å². The summed E-state index contributed by atoms with van der Waals surface area (Å²) in [4.78, 5) is 30.5. The zero-order valence-electron chi connectivity index (χ0n) is 17.3. The summed E-state index contributed by atoms with van der Waals surface area (Å²) < 4.78 is 80.1. The Kier molecular flexibility index (Phi) is 8.16. The summed E-state index contributed by atoms with van der Waals surface area (Å²) >= 11 is 0. The van der Waals surface area contributed by atoms with Crippen molar-refractivity contribution in [1.29, 1.82) is 0 Å². The third-order valence-corrected chi connectivity index (χ3v) is 4.14. The van der Waals surface area contributed by atoms with E-state index >= 15 is 0 Å². The number of carbonyl (C=O) groups excluding carboxylic acids is 2. The summed E-state index contributed by atoms with van der Waals surface area (Å²) in [6, 6.07) is 5.22. The Bertz CT molecular complexity index is 1150. The van der Waals surface area contributed by atoms with Crippen molar-refractivity contribution in [3.63, 3.8) is 0 Å². The van der Waals surface area contributed by atoms with Crippen LogP contribution in [0.15, 0.2) is 59.5 Å². The summed E-state index contributed by atoms with van der Waals surface area (Å²) in [5.74, 6) is -1.46. The smallest absolute Gasteiger partial charge is 0.404 e. The molecule has 0 aliphatic rings. The molecule has 4 N–H and O–H groups in total. The fourth-order valence-electron chi connectivity index (χ4n) is 2.64. The molecule has 13 heteroatoms. The molecule has 2 rings (SSSR count). The number of anilines is 1. The highest BCUT2D eigenvalue weighted by Crippen LogP contribution is 2.31. The van der Waals surface area contributed by atoms with Crippen LogP contribution in [0.25, 0.3) is 6.08 Å². The number of pyridine rings is 1. The molecule has 0 aliphatic heterocycles. The first kappa shape index (κ1) is 26.1. The van der Waals surface area contributed by atoms with Crippen molar-refractivity contribution >= 4 is 35.4 Å². The number of nitrogens with one attached hydrogen (secondary N) is 2. The molecule has 0 radical (unpaired) electrons. The number of rotatable bonds is 7. The maximum Gasteiger partial charge on any atom is 0.434 e. The highest BCUT2D eigenvalue weighted by atomic mass is 19.4. The molecule has 1 aromatic heterocycles. The van der Waals surface area contributed by atoms with Crippen molar-refractivity contribution in [2.24, 2.45) is 10.7 Å². The minimum absolute atomic E-state index is 0.0217. The van der Waals surface area contributed by atoms with Crippen molar-refractivity contribution in [3.05, 3.63) is 71.3 Å². The fourth-order valence-corrected chi connectivity index (χ4v) is 2.64. The lowest BCUT2D eigenvalue weighted by Gasteiger charge is -2.15. The molecular formula is C21H17F6N5O2. The van der Waals surface area contributed by atoms with Gasteiger partial charge in [0, 0.05) is 36.3 Å². The van der Waals surface area contributed by atoms with E-state index < -0.39 is 40.9 Å². The average Bonchev–Trinajstić information content (AvgIpc) is 2.76. The summed E-state index contributed by atoms with van der Waals surface area (Å²) in [7, 11) is 1.52. The van der Waals surface area contributed by atoms with Crippen LogP contribution in [-0.2, 0) is 11.0 Å². The second kappa shape index (κ2) is 10.6. The van der Waals surface area contributed by atoms with Gasteiger partial charge >= 0.3 is 12.4 Å². The van der Waals surface area contributed by atoms with Crippen molar-refractivity contribution in [2.75, 3.05) is 12.4 Å².